The topological polar surface area (TPSA) is 68.7 Å². The third-order valence-corrected chi connectivity index (χ3v) is 4.54. The molecule has 2 rings (SSSR count). The van der Waals surface area contributed by atoms with Gasteiger partial charge in [-0.25, -0.2) is 9.18 Å². The first kappa shape index (κ1) is 18.0. The van der Waals surface area contributed by atoms with Gasteiger partial charge in [-0.1, -0.05) is 0 Å². The van der Waals surface area contributed by atoms with Crippen molar-refractivity contribution >= 4 is 31.8 Å². The molecule has 8 heteroatoms. The molecular weight excluding hydrogens is 320 g/mol. The van der Waals surface area contributed by atoms with Crippen molar-refractivity contribution in [2.75, 3.05) is 5.75 Å². The molecule has 0 aliphatic carbocycles. The molecular formula is C15H19BFNO4S. The molecule has 124 valence electrons. The van der Waals surface area contributed by atoms with E-state index in [9.17, 15) is 9.18 Å². The van der Waals surface area contributed by atoms with Gasteiger partial charge in [0, 0.05) is 5.75 Å². The zero-order valence-corrected chi connectivity index (χ0v) is 14.4. The van der Waals surface area contributed by atoms with Crippen LogP contribution in [0, 0.1) is 5.82 Å². The Bertz CT molecular complexity index is 647. The Kier molecular flexibility index (Phi) is 4.89. The Morgan fingerprint density at radius 1 is 1.39 bits per heavy atom. The number of carbonyl (C=O) groups is 1. The number of aromatic nitrogens is 1. The van der Waals surface area contributed by atoms with Crippen molar-refractivity contribution in [3.8, 4) is 0 Å². The van der Waals surface area contributed by atoms with Gasteiger partial charge < -0.3 is 14.4 Å². The van der Waals surface area contributed by atoms with Crippen LogP contribution in [0.15, 0.2) is 17.7 Å². The van der Waals surface area contributed by atoms with Gasteiger partial charge in [0.15, 0.2) is 5.82 Å². The quantitative estimate of drug-likeness (QED) is 0.652. The number of halogens is 1. The lowest BCUT2D eigenvalue weighted by Gasteiger charge is -2.32. The summed E-state index contributed by atoms with van der Waals surface area (Å²) >= 11 is 4.27. The van der Waals surface area contributed by atoms with E-state index in [4.69, 9.17) is 14.4 Å². The second-order valence-corrected chi connectivity index (χ2v) is 6.68. The van der Waals surface area contributed by atoms with E-state index < -0.39 is 35.7 Å². The molecule has 1 fully saturated rings. The van der Waals surface area contributed by atoms with Gasteiger partial charge >= 0.3 is 13.1 Å². The van der Waals surface area contributed by atoms with Crippen LogP contribution >= 0.6 is 12.6 Å². The summed E-state index contributed by atoms with van der Waals surface area (Å²) in [5.74, 6) is -1.89. The number of rotatable bonds is 4. The monoisotopic (exact) mass is 339 g/mol. The molecule has 1 aromatic heterocycles. The Balaban J connectivity index is 2.34. The second-order valence-electron chi connectivity index (χ2n) is 6.36. The third-order valence-electron chi connectivity index (χ3n) is 4.18. The summed E-state index contributed by atoms with van der Waals surface area (Å²) in [6.45, 7) is 7.73. The second kappa shape index (κ2) is 6.26. The molecule has 1 aromatic rings. The van der Waals surface area contributed by atoms with Gasteiger partial charge in [0.1, 0.15) is 0 Å². The number of nitrogens with zero attached hydrogens (tertiary/aromatic N) is 1. The van der Waals surface area contributed by atoms with Gasteiger partial charge in [-0.3, -0.25) is 4.98 Å². The molecule has 0 amide bonds. The van der Waals surface area contributed by atoms with Crippen LogP contribution in [0.5, 0.6) is 0 Å². The van der Waals surface area contributed by atoms with Crippen molar-refractivity contribution in [1.29, 1.82) is 0 Å². The number of thiol groups is 1. The van der Waals surface area contributed by atoms with E-state index >= 15 is 0 Å². The molecule has 0 aromatic carbocycles. The Labute approximate surface area is 140 Å². The van der Waals surface area contributed by atoms with Crippen LogP contribution in [-0.2, 0) is 9.31 Å². The molecule has 5 nitrogen and oxygen atoms in total. The van der Waals surface area contributed by atoms with Gasteiger partial charge in [0.2, 0.25) is 0 Å². The number of hydrogen-bond donors (Lipinski definition) is 2. The fourth-order valence-electron chi connectivity index (χ4n) is 2.07. The first-order valence-corrected chi connectivity index (χ1v) is 7.76. The highest BCUT2D eigenvalue weighted by atomic mass is 32.1. The third kappa shape index (κ3) is 3.59. The molecule has 0 atom stereocenters. The zero-order chi connectivity index (χ0) is 17.4. The van der Waals surface area contributed by atoms with Crippen molar-refractivity contribution in [2.24, 2.45) is 0 Å². The Hall–Kier alpha value is -1.38. The lowest BCUT2D eigenvalue weighted by molar-refractivity contribution is 0.00578. The largest absolute Gasteiger partial charge is 0.491 e. The van der Waals surface area contributed by atoms with Crippen LogP contribution in [0.4, 0.5) is 4.39 Å². The van der Waals surface area contributed by atoms with Crippen molar-refractivity contribution in [2.45, 2.75) is 38.9 Å². The van der Waals surface area contributed by atoms with Crippen LogP contribution in [-0.4, -0.2) is 40.1 Å². The summed E-state index contributed by atoms with van der Waals surface area (Å²) in [5.41, 5.74) is -0.437. The van der Waals surface area contributed by atoms with Crippen LogP contribution < -0.4 is 0 Å². The number of carboxylic acids is 1. The first-order valence-electron chi connectivity index (χ1n) is 7.13. The summed E-state index contributed by atoms with van der Waals surface area (Å²) in [6.07, 6.45) is 2.50. The number of pyridine rings is 1. The number of hydrogen-bond acceptors (Lipinski definition) is 5. The van der Waals surface area contributed by atoms with Gasteiger partial charge in [-0.2, -0.15) is 12.6 Å². The predicted molar refractivity (Wildman–Crippen MR) is 89.1 cm³/mol. The maximum absolute atomic E-state index is 13.4. The molecule has 1 N–H and O–H groups in total. The van der Waals surface area contributed by atoms with Gasteiger partial charge in [-0.15, -0.1) is 0 Å². The molecule has 0 saturated carbocycles. The van der Waals surface area contributed by atoms with E-state index in [1.165, 1.54) is 6.07 Å². The van der Waals surface area contributed by atoms with Crippen LogP contribution in [0.3, 0.4) is 0 Å². The van der Waals surface area contributed by atoms with Gasteiger partial charge in [0.25, 0.3) is 0 Å². The van der Waals surface area contributed by atoms with Crippen molar-refractivity contribution in [1.82, 2.24) is 4.98 Å². The van der Waals surface area contributed by atoms with E-state index in [0.29, 0.717) is 16.9 Å². The van der Waals surface area contributed by atoms with E-state index in [-0.39, 0.29) is 0 Å². The summed E-state index contributed by atoms with van der Waals surface area (Å²) in [4.78, 5) is 14.9. The van der Waals surface area contributed by atoms with E-state index in [1.54, 1.807) is 6.08 Å². The molecule has 0 unspecified atom stereocenters. The number of carboxylic acid groups (broad SMARTS) is 1. The maximum atomic E-state index is 13.4. The van der Waals surface area contributed by atoms with Gasteiger partial charge in [-0.05, 0) is 45.3 Å². The molecule has 0 bridgehead atoms. The molecule has 1 aliphatic heterocycles. The highest BCUT2D eigenvalue weighted by Crippen LogP contribution is 2.38. The van der Waals surface area contributed by atoms with E-state index in [1.807, 2.05) is 27.7 Å². The molecule has 0 spiro atoms. The Morgan fingerprint density at radius 3 is 2.43 bits per heavy atom. The number of aromatic carboxylic acids is 1. The van der Waals surface area contributed by atoms with Crippen molar-refractivity contribution in [3.05, 3.63) is 34.8 Å². The fraction of sp³-hybridized carbons (Fsp3) is 0.467. The Morgan fingerprint density at radius 2 is 1.96 bits per heavy atom. The molecule has 1 saturated heterocycles. The minimum Gasteiger partial charge on any atom is -0.478 e. The fourth-order valence-corrected chi connectivity index (χ4v) is 2.31. The zero-order valence-electron chi connectivity index (χ0n) is 13.5. The molecule has 2 heterocycles. The normalized spacial score (nSPS) is 19.9. The lowest BCUT2D eigenvalue weighted by atomic mass is 9.78. The molecule has 1 aliphatic rings. The molecule has 23 heavy (non-hydrogen) atoms. The highest BCUT2D eigenvalue weighted by molar-refractivity contribution is 7.80. The average Bonchev–Trinajstić information content (AvgIpc) is 2.66. The standard InChI is InChI=1S/C15H19BFNO4S/c1-14(2)15(3,4)22-16(21-14)9(8-23)5-10-6-11(13(19)20)12(17)7-18-10/h5-7,23H,8H2,1-4H3,(H,19,20). The summed E-state index contributed by atoms with van der Waals surface area (Å²) in [7, 11) is -0.613. The van der Waals surface area contributed by atoms with Crippen LogP contribution in [0.25, 0.3) is 6.08 Å². The minimum absolute atomic E-state index is 0.308. The molecule has 0 radical (unpaired) electrons. The first-order chi connectivity index (χ1) is 10.6. The summed E-state index contributed by atoms with van der Waals surface area (Å²) in [6, 6.07) is 1.17. The smallest absolute Gasteiger partial charge is 0.478 e. The average molecular weight is 339 g/mol. The van der Waals surface area contributed by atoms with Crippen LogP contribution in [0.2, 0.25) is 0 Å². The summed E-state index contributed by atoms with van der Waals surface area (Å²) in [5, 5.41) is 8.98. The maximum Gasteiger partial charge on any atom is 0.491 e. The van der Waals surface area contributed by atoms with E-state index in [0.717, 1.165) is 6.20 Å². The minimum atomic E-state index is -1.34. The van der Waals surface area contributed by atoms with Crippen molar-refractivity contribution in [3.63, 3.8) is 0 Å². The highest BCUT2D eigenvalue weighted by Gasteiger charge is 2.52. The van der Waals surface area contributed by atoms with Crippen molar-refractivity contribution < 1.29 is 23.6 Å². The van der Waals surface area contributed by atoms with Gasteiger partial charge in [0.05, 0.1) is 28.7 Å². The predicted octanol–water partition coefficient (Wildman–Crippen LogP) is 2.86. The lowest BCUT2D eigenvalue weighted by Crippen LogP contribution is -2.41. The van der Waals surface area contributed by atoms with Crippen LogP contribution in [0.1, 0.15) is 43.7 Å². The SMILES string of the molecule is CC1(C)OB(C(=Cc2cc(C(=O)O)c(F)cn2)CS)OC1(C)C. The van der Waals surface area contributed by atoms with E-state index in [2.05, 4.69) is 17.6 Å². The summed E-state index contributed by atoms with van der Waals surface area (Å²) < 4.78 is 25.3.